The number of nitrogens with zero attached hydrogens (tertiary/aromatic N) is 5. The maximum Gasteiger partial charge on any atom is 0.270 e. The number of hydrogen-bond donors (Lipinski definition) is 3. The SMILES string of the molecule is CCNC(=O)/C(C#N)=c1\s/c(=C/Nc2cccc(NC(=O)CN3CCN(c4ccccc4)CC3)n2)c(=O)n1CC. The molecule has 208 valence electrons. The molecule has 0 unspecified atom stereocenters. The van der Waals surface area contributed by atoms with Crippen molar-refractivity contribution in [2.45, 2.75) is 20.4 Å². The molecule has 0 aliphatic carbocycles. The molecule has 1 saturated heterocycles. The number of carbonyl (C=O) groups excluding carboxylic acids is 2. The Hall–Kier alpha value is -4.47. The normalized spacial score (nSPS) is 14.8. The van der Waals surface area contributed by atoms with E-state index in [4.69, 9.17) is 0 Å². The summed E-state index contributed by atoms with van der Waals surface area (Å²) >= 11 is 1.06. The van der Waals surface area contributed by atoms with Gasteiger partial charge in [-0.05, 0) is 38.1 Å². The number of piperazine rings is 1. The van der Waals surface area contributed by atoms with Crippen LogP contribution >= 0.6 is 11.3 Å². The van der Waals surface area contributed by atoms with Crippen LogP contribution in [0.4, 0.5) is 17.3 Å². The van der Waals surface area contributed by atoms with E-state index >= 15 is 0 Å². The van der Waals surface area contributed by atoms with E-state index in [9.17, 15) is 19.6 Å². The molecule has 3 heterocycles. The van der Waals surface area contributed by atoms with Crippen molar-refractivity contribution in [3.05, 3.63) is 68.1 Å². The highest BCUT2D eigenvalue weighted by Gasteiger charge is 2.19. The number of para-hydroxylation sites is 1. The maximum atomic E-state index is 12.9. The van der Waals surface area contributed by atoms with E-state index in [-0.39, 0.29) is 23.6 Å². The van der Waals surface area contributed by atoms with Crippen LogP contribution in [0, 0.1) is 11.3 Å². The Bertz CT molecular complexity index is 1570. The van der Waals surface area contributed by atoms with Gasteiger partial charge in [-0.1, -0.05) is 24.3 Å². The Morgan fingerprint density at radius 3 is 2.45 bits per heavy atom. The summed E-state index contributed by atoms with van der Waals surface area (Å²) in [6.07, 6.45) is 1.50. The van der Waals surface area contributed by atoms with Crippen molar-refractivity contribution < 1.29 is 9.59 Å². The number of nitriles is 1. The van der Waals surface area contributed by atoms with E-state index < -0.39 is 5.91 Å². The summed E-state index contributed by atoms with van der Waals surface area (Å²) in [6, 6.07) is 17.3. The summed E-state index contributed by atoms with van der Waals surface area (Å²) in [7, 11) is 0. The number of pyridine rings is 1. The second kappa shape index (κ2) is 13.5. The lowest BCUT2D eigenvalue weighted by molar-refractivity contribution is -0.117. The predicted molar refractivity (Wildman–Crippen MR) is 157 cm³/mol. The highest BCUT2D eigenvalue weighted by molar-refractivity contribution is 7.07. The molecule has 40 heavy (non-hydrogen) atoms. The first kappa shape index (κ1) is 28.5. The fourth-order valence-corrected chi connectivity index (χ4v) is 5.44. The van der Waals surface area contributed by atoms with E-state index in [0.29, 0.717) is 33.9 Å². The lowest BCUT2D eigenvalue weighted by Gasteiger charge is -2.35. The van der Waals surface area contributed by atoms with Crippen molar-refractivity contribution in [3.63, 3.8) is 0 Å². The van der Waals surface area contributed by atoms with Gasteiger partial charge in [-0.15, -0.1) is 11.3 Å². The van der Waals surface area contributed by atoms with Crippen LogP contribution < -0.4 is 35.6 Å². The average Bonchev–Trinajstić information content (AvgIpc) is 3.28. The van der Waals surface area contributed by atoms with E-state index in [2.05, 4.69) is 42.9 Å². The Labute approximate surface area is 236 Å². The van der Waals surface area contributed by atoms with E-state index in [0.717, 1.165) is 37.5 Å². The Morgan fingerprint density at radius 1 is 1.05 bits per heavy atom. The smallest absolute Gasteiger partial charge is 0.270 e. The van der Waals surface area contributed by atoms with E-state index in [1.807, 2.05) is 24.3 Å². The summed E-state index contributed by atoms with van der Waals surface area (Å²) in [5, 5.41) is 18.0. The molecule has 1 fully saturated rings. The minimum absolute atomic E-state index is 0.102. The summed E-state index contributed by atoms with van der Waals surface area (Å²) in [4.78, 5) is 46.8. The Balaban J connectivity index is 1.40. The third-order valence-corrected chi connectivity index (χ3v) is 7.47. The first-order chi connectivity index (χ1) is 19.4. The molecule has 12 heteroatoms. The maximum absolute atomic E-state index is 12.9. The van der Waals surface area contributed by atoms with Crippen LogP contribution in [0.1, 0.15) is 13.8 Å². The number of rotatable bonds is 9. The van der Waals surface area contributed by atoms with E-state index in [1.54, 1.807) is 32.0 Å². The number of thiazole rings is 1. The van der Waals surface area contributed by atoms with Crippen molar-refractivity contribution in [2.75, 3.05) is 54.8 Å². The molecule has 1 aliphatic rings. The fourth-order valence-electron chi connectivity index (χ4n) is 4.35. The largest absolute Gasteiger partial charge is 0.369 e. The number of amides is 2. The molecule has 1 aromatic carbocycles. The summed E-state index contributed by atoms with van der Waals surface area (Å²) in [5.74, 6) is 0.150. The molecule has 3 aromatic rings. The summed E-state index contributed by atoms with van der Waals surface area (Å²) in [6.45, 7) is 7.76. The van der Waals surface area contributed by atoms with Crippen molar-refractivity contribution >= 4 is 52.2 Å². The minimum Gasteiger partial charge on any atom is -0.369 e. The highest BCUT2D eigenvalue weighted by Crippen LogP contribution is 2.15. The van der Waals surface area contributed by atoms with Gasteiger partial charge in [0, 0.05) is 51.2 Å². The Kier molecular flexibility index (Phi) is 9.66. The number of hydrogen-bond acceptors (Lipinski definition) is 9. The monoisotopic (exact) mass is 560 g/mol. The minimum atomic E-state index is -0.517. The standard InChI is InChI=1S/C28H32N8O3S/c1-3-30-26(38)21(17-29)28-36(4-2)27(39)22(40-28)18-31-23-11-8-12-24(32-23)33-25(37)19-34-13-15-35(16-14-34)20-9-6-5-7-10-20/h5-12,18H,3-4,13-16,19H2,1-2H3,(H,30,38)(H2,31,32,33,37)/b22-18+,28-21-. The molecule has 2 aromatic heterocycles. The van der Waals surface area contributed by atoms with Gasteiger partial charge in [0.15, 0.2) is 5.57 Å². The lowest BCUT2D eigenvalue weighted by atomic mass is 10.2. The van der Waals surface area contributed by atoms with Crippen molar-refractivity contribution in [2.24, 2.45) is 0 Å². The molecular weight excluding hydrogens is 528 g/mol. The number of aromatic nitrogens is 2. The first-order valence-corrected chi connectivity index (χ1v) is 13.9. The van der Waals surface area contributed by atoms with Crippen LogP contribution in [0.5, 0.6) is 0 Å². The quantitative estimate of drug-likeness (QED) is 0.349. The molecule has 0 radical (unpaired) electrons. The third kappa shape index (κ3) is 6.93. The van der Waals surface area contributed by atoms with Gasteiger partial charge < -0.3 is 20.9 Å². The zero-order chi connectivity index (χ0) is 28.5. The van der Waals surface area contributed by atoms with Gasteiger partial charge in [-0.3, -0.25) is 23.9 Å². The van der Waals surface area contributed by atoms with Crippen LogP contribution in [0.15, 0.2) is 53.3 Å². The molecule has 0 bridgehead atoms. The van der Waals surface area contributed by atoms with Gasteiger partial charge in [0.25, 0.3) is 11.5 Å². The second-order valence-electron chi connectivity index (χ2n) is 9.01. The second-order valence-corrected chi connectivity index (χ2v) is 10.0. The number of nitrogens with one attached hydrogen (secondary N) is 3. The van der Waals surface area contributed by atoms with Crippen molar-refractivity contribution in [1.82, 2.24) is 19.8 Å². The van der Waals surface area contributed by atoms with Gasteiger partial charge >= 0.3 is 0 Å². The number of benzene rings is 1. The molecule has 0 saturated carbocycles. The van der Waals surface area contributed by atoms with Gasteiger partial charge in [0.05, 0.1) is 6.54 Å². The zero-order valence-electron chi connectivity index (χ0n) is 22.5. The molecule has 1 aliphatic heterocycles. The van der Waals surface area contributed by atoms with Crippen LogP contribution in [0.3, 0.4) is 0 Å². The molecule has 3 N–H and O–H groups in total. The lowest BCUT2D eigenvalue weighted by Crippen LogP contribution is -2.48. The Morgan fingerprint density at radius 2 is 1.77 bits per heavy atom. The summed E-state index contributed by atoms with van der Waals surface area (Å²) < 4.78 is 2.02. The molecule has 2 amide bonds. The van der Waals surface area contributed by atoms with Crippen LogP contribution in [-0.2, 0) is 16.1 Å². The predicted octanol–water partition coefficient (Wildman–Crippen LogP) is 0.746. The average molecular weight is 561 g/mol. The molecular formula is C28H32N8O3S. The van der Waals surface area contributed by atoms with Gasteiger partial charge in [-0.2, -0.15) is 5.26 Å². The van der Waals surface area contributed by atoms with E-state index in [1.165, 1.54) is 16.5 Å². The summed E-state index contributed by atoms with van der Waals surface area (Å²) in [5.41, 5.74) is 0.772. The number of carbonyl (C=O) groups is 2. The zero-order valence-corrected chi connectivity index (χ0v) is 23.3. The first-order valence-electron chi connectivity index (χ1n) is 13.1. The van der Waals surface area contributed by atoms with Crippen LogP contribution in [0.25, 0.3) is 11.8 Å². The molecule has 0 spiro atoms. The van der Waals surface area contributed by atoms with Crippen molar-refractivity contribution in [1.29, 1.82) is 5.26 Å². The third-order valence-electron chi connectivity index (χ3n) is 6.34. The van der Waals surface area contributed by atoms with Crippen LogP contribution in [0.2, 0.25) is 0 Å². The van der Waals surface area contributed by atoms with Gasteiger partial charge in [0.2, 0.25) is 5.91 Å². The molecule has 11 nitrogen and oxygen atoms in total. The fraction of sp³-hybridized carbons (Fsp3) is 0.321. The molecule has 4 rings (SSSR count). The topological polar surface area (TPSA) is 135 Å². The highest BCUT2D eigenvalue weighted by atomic mass is 32.1. The van der Waals surface area contributed by atoms with Crippen molar-refractivity contribution in [3.8, 4) is 6.07 Å². The van der Waals surface area contributed by atoms with Crippen LogP contribution in [-0.4, -0.2) is 65.5 Å². The molecule has 0 atom stereocenters. The van der Waals surface area contributed by atoms with Gasteiger partial charge in [0.1, 0.15) is 26.9 Å². The van der Waals surface area contributed by atoms with Gasteiger partial charge in [-0.25, -0.2) is 4.98 Å². The number of anilines is 3.